The lowest BCUT2D eigenvalue weighted by Gasteiger charge is -2.06. The van der Waals surface area contributed by atoms with E-state index in [0.717, 1.165) is 21.6 Å². The van der Waals surface area contributed by atoms with Crippen LogP contribution in [0.2, 0.25) is 0 Å². The number of nitrogens with zero attached hydrogens (tertiary/aromatic N) is 1. The summed E-state index contributed by atoms with van der Waals surface area (Å²) in [7, 11) is 0. The minimum atomic E-state index is -0.0516. The van der Waals surface area contributed by atoms with E-state index in [1.54, 1.807) is 12.3 Å². The maximum Gasteiger partial charge on any atom is 0.261 e. The third-order valence-corrected chi connectivity index (χ3v) is 6.45. The SMILES string of the molecule is O=C(CSc1cn(CCNC(=O)c2cccs2)c2ccccc12)NCc1ccco1. The Labute approximate surface area is 182 Å². The Morgan fingerprint density at radius 3 is 2.77 bits per heavy atom. The fraction of sp³-hybridized carbons (Fsp3) is 0.182. The lowest BCUT2D eigenvalue weighted by Crippen LogP contribution is -2.26. The number of thioether (sulfide) groups is 1. The van der Waals surface area contributed by atoms with Crippen molar-refractivity contribution in [3.05, 3.63) is 77.0 Å². The van der Waals surface area contributed by atoms with E-state index in [9.17, 15) is 9.59 Å². The Morgan fingerprint density at radius 1 is 1.07 bits per heavy atom. The van der Waals surface area contributed by atoms with Crippen molar-refractivity contribution >= 4 is 45.8 Å². The summed E-state index contributed by atoms with van der Waals surface area (Å²) in [5.41, 5.74) is 1.08. The van der Waals surface area contributed by atoms with Gasteiger partial charge in [-0.15, -0.1) is 23.1 Å². The molecule has 4 rings (SSSR count). The normalized spacial score (nSPS) is 10.9. The van der Waals surface area contributed by atoms with E-state index in [-0.39, 0.29) is 11.8 Å². The van der Waals surface area contributed by atoms with E-state index in [1.807, 2.05) is 41.9 Å². The van der Waals surface area contributed by atoms with Gasteiger partial charge in [0.2, 0.25) is 5.91 Å². The van der Waals surface area contributed by atoms with Crippen molar-refractivity contribution in [1.82, 2.24) is 15.2 Å². The Kier molecular flexibility index (Phi) is 6.56. The molecule has 0 unspecified atom stereocenters. The summed E-state index contributed by atoms with van der Waals surface area (Å²) in [5, 5.41) is 8.82. The van der Waals surface area contributed by atoms with E-state index in [0.29, 0.717) is 30.3 Å². The minimum absolute atomic E-state index is 0.0450. The van der Waals surface area contributed by atoms with Crippen LogP contribution in [-0.2, 0) is 17.9 Å². The number of benzene rings is 1. The van der Waals surface area contributed by atoms with Crippen LogP contribution >= 0.6 is 23.1 Å². The molecule has 0 aliphatic rings. The van der Waals surface area contributed by atoms with Crippen LogP contribution in [0, 0.1) is 0 Å². The molecule has 154 valence electrons. The summed E-state index contributed by atoms with van der Waals surface area (Å²) in [6, 6.07) is 15.4. The molecule has 2 N–H and O–H groups in total. The van der Waals surface area contributed by atoms with Crippen molar-refractivity contribution in [3.8, 4) is 0 Å². The second-order valence-corrected chi connectivity index (χ2v) is 8.55. The monoisotopic (exact) mass is 439 g/mol. The van der Waals surface area contributed by atoms with Gasteiger partial charge in [0.1, 0.15) is 5.76 Å². The average Bonchev–Trinajstić information content (AvgIpc) is 3.52. The lowest BCUT2D eigenvalue weighted by molar-refractivity contribution is -0.118. The first-order valence-electron chi connectivity index (χ1n) is 9.52. The molecule has 3 heterocycles. The van der Waals surface area contributed by atoms with Gasteiger partial charge in [0.25, 0.3) is 5.91 Å². The molecular formula is C22H21N3O3S2. The van der Waals surface area contributed by atoms with Gasteiger partial charge in [0.15, 0.2) is 0 Å². The molecule has 0 saturated carbocycles. The summed E-state index contributed by atoms with van der Waals surface area (Å²) in [6.45, 7) is 1.57. The number of para-hydroxylation sites is 1. The minimum Gasteiger partial charge on any atom is -0.467 e. The first kappa shape index (κ1) is 20.3. The first-order chi connectivity index (χ1) is 14.7. The van der Waals surface area contributed by atoms with E-state index in [4.69, 9.17) is 4.42 Å². The number of fused-ring (bicyclic) bond motifs is 1. The van der Waals surface area contributed by atoms with Crippen LogP contribution < -0.4 is 10.6 Å². The van der Waals surface area contributed by atoms with Crippen LogP contribution in [0.4, 0.5) is 0 Å². The number of amides is 2. The number of thiophene rings is 1. The average molecular weight is 440 g/mol. The third kappa shape index (κ3) is 4.95. The second kappa shape index (κ2) is 9.69. The number of nitrogens with one attached hydrogen (secondary N) is 2. The second-order valence-electron chi connectivity index (χ2n) is 6.58. The number of carbonyl (C=O) groups excluding carboxylic acids is 2. The topological polar surface area (TPSA) is 76.3 Å². The maximum atomic E-state index is 12.2. The largest absolute Gasteiger partial charge is 0.467 e. The van der Waals surface area contributed by atoms with E-state index < -0.39 is 0 Å². The fourth-order valence-corrected chi connectivity index (χ4v) is 4.65. The van der Waals surface area contributed by atoms with Gasteiger partial charge in [-0.3, -0.25) is 9.59 Å². The van der Waals surface area contributed by atoms with Crippen LogP contribution in [0.25, 0.3) is 10.9 Å². The van der Waals surface area contributed by atoms with Crippen LogP contribution in [-0.4, -0.2) is 28.7 Å². The number of aromatic nitrogens is 1. The highest BCUT2D eigenvalue weighted by Gasteiger charge is 2.12. The number of hydrogen-bond acceptors (Lipinski definition) is 5. The summed E-state index contributed by atoms with van der Waals surface area (Å²) in [4.78, 5) is 26.1. The summed E-state index contributed by atoms with van der Waals surface area (Å²) in [6.07, 6.45) is 3.64. The van der Waals surface area contributed by atoms with E-state index in [1.165, 1.54) is 23.1 Å². The van der Waals surface area contributed by atoms with Crippen molar-refractivity contribution in [2.45, 2.75) is 18.0 Å². The zero-order valence-corrected chi connectivity index (χ0v) is 17.8. The standard InChI is InChI=1S/C22H21N3O3S2/c26-21(24-13-16-5-3-11-28-16)15-30-20-14-25(18-7-2-1-6-17(18)20)10-9-23-22(27)19-8-4-12-29-19/h1-8,11-12,14H,9-10,13,15H2,(H,23,27)(H,24,26). The smallest absolute Gasteiger partial charge is 0.261 e. The van der Waals surface area contributed by atoms with Gasteiger partial charge in [-0.2, -0.15) is 0 Å². The molecule has 0 aliphatic carbocycles. The quantitative estimate of drug-likeness (QED) is 0.385. The Bertz CT molecular complexity index is 1120. The number of furan rings is 1. The highest BCUT2D eigenvalue weighted by atomic mass is 32.2. The number of carbonyl (C=O) groups is 2. The number of hydrogen-bond donors (Lipinski definition) is 2. The summed E-state index contributed by atoms with van der Waals surface area (Å²) < 4.78 is 7.35. The molecule has 0 atom stereocenters. The van der Waals surface area contributed by atoms with Crippen LogP contribution in [0.1, 0.15) is 15.4 Å². The molecule has 2 amide bonds. The van der Waals surface area contributed by atoms with Crippen molar-refractivity contribution in [3.63, 3.8) is 0 Å². The molecule has 0 radical (unpaired) electrons. The predicted octanol–water partition coefficient (Wildman–Crippen LogP) is 4.13. The molecule has 0 bridgehead atoms. The molecule has 0 aliphatic heterocycles. The van der Waals surface area contributed by atoms with Gasteiger partial charge in [-0.05, 0) is 29.6 Å². The predicted molar refractivity (Wildman–Crippen MR) is 120 cm³/mol. The molecule has 3 aromatic heterocycles. The zero-order valence-electron chi connectivity index (χ0n) is 16.2. The molecule has 1 aromatic carbocycles. The van der Waals surface area contributed by atoms with Crippen LogP contribution in [0.15, 0.2) is 75.7 Å². The first-order valence-corrected chi connectivity index (χ1v) is 11.4. The van der Waals surface area contributed by atoms with Crippen LogP contribution in [0.3, 0.4) is 0 Å². The van der Waals surface area contributed by atoms with Gasteiger partial charge in [0.05, 0.1) is 23.4 Å². The molecule has 0 spiro atoms. The zero-order chi connectivity index (χ0) is 20.8. The lowest BCUT2D eigenvalue weighted by atomic mass is 10.2. The Morgan fingerprint density at radius 2 is 1.97 bits per heavy atom. The molecule has 8 heteroatoms. The molecule has 0 saturated heterocycles. The van der Waals surface area contributed by atoms with Gasteiger partial charge < -0.3 is 19.6 Å². The highest BCUT2D eigenvalue weighted by molar-refractivity contribution is 8.00. The van der Waals surface area contributed by atoms with Gasteiger partial charge in [-0.1, -0.05) is 24.3 Å². The molecule has 30 heavy (non-hydrogen) atoms. The van der Waals surface area contributed by atoms with E-state index >= 15 is 0 Å². The van der Waals surface area contributed by atoms with Crippen molar-refractivity contribution < 1.29 is 14.0 Å². The van der Waals surface area contributed by atoms with E-state index in [2.05, 4.69) is 27.3 Å². The number of rotatable bonds is 9. The van der Waals surface area contributed by atoms with Crippen molar-refractivity contribution in [1.29, 1.82) is 0 Å². The van der Waals surface area contributed by atoms with Gasteiger partial charge >= 0.3 is 0 Å². The van der Waals surface area contributed by atoms with Crippen molar-refractivity contribution in [2.75, 3.05) is 12.3 Å². The molecular weight excluding hydrogens is 418 g/mol. The Balaban J connectivity index is 1.35. The maximum absolute atomic E-state index is 12.2. The Hall–Kier alpha value is -2.97. The van der Waals surface area contributed by atoms with Gasteiger partial charge in [-0.25, -0.2) is 0 Å². The van der Waals surface area contributed by atoms with Crippen LogP contribution in [0.5, 0.6) is 0 Å². The third-order valence-electron chi connectivity index (χ3n) is 4.53. The van der Waals surface area contributed by atoms with Crippen molar-refractivity contribution in [2.24, 2.45) is 0 Å². The fourth-order valence-electron chi connectivity index (χ4n) is 3.09. The highest BCUT2D eigenvalue weighted by Crippen LogP contribution is 2.29. The summed E-state index contributed by atoms with van der Waals surface area (Å²) in [5.74, 6) is 0.958. The molecule has 4 aromatic rings. The van der Waals surface area contributed by atoms with Gasteiger partial charge in [0, 0.05) is 35.1 Å². The molecule has 0 fully saturated rings. The molecule has 6 nitrogen and oxygen atoms in total. The summed E-state index contributed by atoms with van der Waals surface area (Å²) >= 11 is 2.93.